The fourth-order valence-electron chi connectivity index (χ4n) is 3.92. The largest absolute Gasteiger partial charge is 0.360 e. The molecule has 2 heterocycles. The van der Waals surface area contributed by atoms with Crippen LogP contribution in [0, 0.1) is 6.92 Å². The predicted octanol–water partition coefficient (Wildman–Crippen LogP) is 3.23. The van der Waals surface area contributed by atoms with Crippen molar-refractivity contribution >= 4 is 5.91 Å². The molecule has 1 unspecified atom stereocenters. The number of nitrogens with one attached hydrogen (secondary N) is 2. The summed E-state index contributed by atoms with van der Waals surface area (Å²) in [5.41, 5.74) is 9.29. The zero-order chi connectivity index (χ0) is 19.0. The number of nitrogens with zero attached hydrogens (tertiary/aromatic N) is 2. The molecular weight excluding hydrogens is 340 g/mol. The van der Waals surface area contributed by atoms with Crippen LogP contribution in [0.15, 0.2) is 40.2 Å². The Bertz CT molecular complexity index is 899. The molecule has 1 aromatic heterocycles. The van der Waals surface area contributed by atoms with Gasteiger partial charge in [-0.05, 0) is 51.2 Å². The molecule has 0 bridgehead atoms. The number of rotatable bonds is 4. The number of carbonyl (C=O) groups excluding carboxylic acids is 1. The average Bonchev–Trinajstić information content (AvgIpc) is 3.20. The van der Waals surface area contributed by atoms with E-state index in [0.717, 1.165) is 54.9 Å². The van der Waals surface area contributed by atoms with Gasteiger partial charge >= 0.3 is 0 Å². The lowest BCUT2D eigenvalue weighted by Gasteiger charge is -2.22. The minimum atomic E-state index is -0.178. The minimum absolute atomic E-state index is 0.0284. The topological polar surface area (TPSA) is 70.4 Å². The van der Waals surface area contributed by atoms with Crippen molar-refractivity contribution in [2.24, 2.45) is 0 Å². The molecule has 1 aromatic carbocycles. The molecule has 1 amide bonds. The fraction of sp³-hybridized carbons (Fsp3) is 0.429. The maximum absolute atomic E-state index is 12.8. The van der Waals surface area contributed by atoms with Crippen LogP contribution in [-0.2, 0) is 19.4 Å². The first kappa shape index (κ1) is 17.8. The lowest BCUT2D eigenvalue weighted by Crippen LogP contribution is -2.37. The lowest BCUT2D eigenvalue weighted by atomic mass is 9.96. The molecule has 0 spiro atoms. The quantitative estimate of drug-likeness (QED) is 0.869. The molecule has 1 atom stereocenters. The number of allylic oxidation sites excluding steroid dienone is 1. The van der Waals surface area contributed by atoms with Crippen molar-refractivity contribution in [2.75, 3.05) is 0 Å². The average molecular weight is 366 g/mol. The summed E-state index contributed by atoms with van der Waals surface area (Å²) in [5.74, 6) is 0.693. The number of aromatic nitrogens is 1. The molecule has 2 N–H and O–H groups in total. The van der Waals surface area contributed by atoms with Gasteiger partial charge in [-0.25, -0.2) is 5.43 Å². The van der Waals surface area contributed by atoms with Crippen LogP contribution in [0.2, 0.25) is 0 Å². The third-order valence-electron chi connectivity index (χ3n) is 5.58. The Hall–Kier alpha value is -2.60. The van der Waals surface area contributed by atoms with Gasteiger partial charge in [-0.15, -0.1) is 0 Å². The van der Waals surface area contributed by atoms with E-state index >= 15 is 0 Å². The molecular formula is C21H26N4O2. The molecule has 4 rings (SSSR count). The summed E-state index contributed by atoms with van der Waals surface area (Å²) in [6, 6.07) is 8.38. The molecule has 6 heteroatoms. The molecule has 6 nitrogen and oxygen atoms in total. The van der Waals surface area contributed by atoms with E-state index in [1.807, 2.05) is 13.0 Å². The number of benzene rings is 1. The van der Waals surface area contributed by atoms with E-state index in [9.17, 15) is 4.79 Å². The van der Waals surface area contributed by atoms with E-state index in [0.29, 0.717) is 5.69 Å². The second kappa shape index (κ2) is 7.19. The third-order valence-corrected chi connectivity index (χ3v) is 5.58. The zero-order valence-electron chi connectivity index (χ0n) is 16.1. The van der Waals surface area contributed by atoms with Crippen LogP contribution in [0.4, 0.5) is 0 Å². The summed E-state index contributed by atoms with van der Waals surface area (Å²) in [5, 5.41) is 9.22. The van der Waals surface area contributed by atoms with E-state index < -0.39 is 0 Å². The summed E-state index contributed by atoms with van der Waals surface area (Å²) in [6.07, 6.45) is 3.92. The van der Waals surface area contributed by atoms with Crippen LogP contribution in [0.5, 0.6) is 0 Å². The normalized spacial score (nSPS) is 19.4. The lowest BCUT2D eigenvalue weighted by molar-refractivity contribution is 0.0953. The zero-order valence-corrected chi connectivity index (χ0v) is 16.1. The van der Waals surface area contributed by atoms with E-state index in [2.05, 4.69) is 53.0 Å². The van der Waals surface area contributed by atoms with Gasteiger partial charge in [-0.2, -0.15) is 0 Å². The number of fused-ring (bicyclic) bond motifs is 1. The van der Waals surface area contributed by atoms with Crippen molar-refractivity contribution in [3.05, 3.63) is 63.8 Å². The first-order valence-corrected chi connectivity index (χ1v) is 9.62. The highest BCUT2D eigenvalue weighted by atomic mass is 16.5. The molecule has 0 radical (unpaired) electrons. The number of hydrazine groups is 1. The van der Waals surface area contributed by atoms with E-state index in [1.165, 1.54) is 11.1 Å². The molecule has 27 heavy (non-hydrogen) atoms. The minimum Gasteiger partial charge on any atom is -0.360 e. The van der Waals surface area contributed by atoms with Crippen molar-refractivity contribution in [3.8, 4) is 0 Å². The fourth-order valence-corrected chi connectivity index (χ4v) is 3.92. The van der Waals surface area contributed by atoms with Crippen molar-refractivity contribution in [1.82, 2.24) is 20.9 Å². The molecule has 142 valence electrons. The van der Waals surface area contributed by atoms with Crippen molar-refractivity contribution in [3.63, 3.8) is 0 Å². The number of carbonyl (C=O) groups is 1. The highest BCUT2D eigenvalue weighted by Gasteiger charge is 2.30. The third kappa shape index (κ3) is 3.37. The Balaban J connectivity index is 1.52. The van der Waals surface area contributed by atoms with E-state index in [1.54, 1.807) is 0 Å². The van der Waals surface area contributed by atoms with E-state index in [4.69, 9.17) is 4.52 Å². The highest BCUT2D eigenvalue weighted by Crippen LogP contribution is 2.26. The van der Waals surface area contributed by atoms with Gasteiger partial charge < -0.3 is 14.8 Å². The summed E-state index contributed by atoms with van der Waals surface area (Å²) in [4.78, 5) is 12.8. The summed E-state index contributed by atoms with van der Waals surface area (Å²) in [7, 11) is 0. The number of aryl methyl sites for hydroxylation is 2. The maximum Gasteiger partial charge on any atom is 0.277 e. The molecule has 1 aliphatic carbocycles. The van der Waals surface area contributed by atoms with E-state index in [-0.39, 0.29) is 11.9 Å². The van der Waals surface area contributed by atoms with Gasteiger partial charge in [0.15, 0.2) is 5.69 Å². The Kier molecular flexibility index (Phi) is 4.74. The van der Waals surface area contributed by atoms with Gasteiger partial charge in [-0.3, -0.25) is 4.79 Å². The predicted molar refractivity (Wildman–Crippen MR) is 103 cm³/mol. The second-order valence-electron chi connectivity index (χ2n) is 7.46. The van der Waals surface area contributed by atoms with Crippen LogP contribution in [-0.4, -0.2) is 22.1 Å². The molecule has 0 fully saturated rings. The van der Waals surface area contributed by atoms with Gasteiger partial charge in [0, 0.05) is 17.7 Å². The molecule has 2 aromatic rings. The van der Waals surface area contributed by atoms with Gasteiger partial charge in [-0.1, -0.05) is 29.4 Å². The molecule has 1 aliphatic heterocycles. The molecule has 0 saturated heterocycles. The second-order valence-corrected chi connectivity index (χ2v) is 7.46. The van der Waals surface area contributed by atoms with Crippen LogP contribution in [0.3, 0.4) is 0 Å². The van der Waals surface area contributed by atoms with Gasteiger partial charge in [0.2, 0.25) is 0 Å². The van der Waals surface area contributed by atoms with Crippen molar-refractivity contribution < 1.29 is 9.32 Å². The van der Waals surface area contributed by atoms with Crippen molar-refractivity contribution in [2.45, 2.75) is 59.0 Å². The van der Waals surface area contributed by atoms with Crippen molar-refractivity contribution in [1.29, 1.82) is 0 Å². The van der Waals surface area contributed by atoms with Crippen LogP contribution < -0.4 is 10.7 Å². The Morgan fingerprint density at radius 2 is 2.07 bits per heavy atom. The highest BCUT2D eigenvalue weighted by molar-refractivity contribution is 5.95. The first-order valence-electron chi connectivity index (χ1n) is 9.62. The van der Waals surface area contributed by atoms with Gasteiger partial charge in [0.25, 0.3) is 5.91 Å². The van der Waals surface area contributed by atoms with Crippen LogP contribution in [0.25, 0.3) is 0 Å². The van der Waals surface area contributed by atoms with Crippen LogP contribution >= 0.6 is 0 Å². The van der Waals surface area contributed by atoms with Gasteiger partial charge in [0.05, 0.1) is 18.3 Å². The standard InChI is InChI=1S/C21H26N4O2/c1-13-8-4-5-9-16(13)12-25-15(3)19(14(2)23-25)22-21(26)20-17-10-6-7-11-18(17)27-24-20/h4-5,8-9,14,23H,6-7,10-12H2,1-3H3,(H,22,26). The number of hydrogen-bond acceptors (Lipinski definition) is 5. The monoisotopic (exact) mass is 366 g/mol. The Morgan fingerprint density at radius 3 is 2.89 bits per heavy atom. The number of amides is 1. The number of hydrogen-bond donors (Lipinski definition) is 2. The summed E-state index contributed by atoms with van der Waals surface area (Å²) in [6.45, 7) is 6.95. The van der Waals surface area contributed by atoms with Crippen LogP contribution in [0.1, 0.15) is 59.6 Å². The summed E-state index contributed by atoms with van der Waals surface area (Å²) < 4.78 is 5.39. The SMILES string of the molecule is CC1=C(NC(=O)c2noc3c2CCCC3)C(C)NN1Cc1ccccc1C. The molecule has 2 aliphatic rings. The smallest absolute Gasteiger partial charge is 0.277 e. The Labute approximate surface area is 159 Å². The van der Waals surface area contributed by atoms with Gasteiger partial charge in [0.1, 0.15) is 5.76 Å². The summed E-state index contributed by atoms with van der Waals surface area (Å²) >= 11 is 0. The maximum atomic E-state index is 12.8. The first-order chi connectivity index (χ1) is 13.0. The Morgan fingerprint density at radius 1 is 1.30 bits per heavy atom. The molecule has 0 saturated carbocycles.